The Kier molecular flexibility index (Phi) is 7.37. The third-order valence-electron chi connectivity index (χ3n) is 5.39. The molecule has 0 atom stereocenters. The molecule has 0 unspecified atom stereocenters. The Hall–Kier alpha value is -3.11. The van der Waals surface area contributed by atoms with Crippen molar-refractivity contribution in [2.45, 2.75) is 17.7 Å². The van der Waals surface area contributed by atoms with Crippen molar-refractivity contribution in [3.63, 3.8) is 0 Å². The van der Waals surface area contributed by atoms with Crippen LogP contribution in [0.15, 0.2) is 47.4 Å². The van der Waals surface area contributed by atoms with Crippen molar-refractivity contribution in [2.75, 3.05) is 39.7 Å². The zero-order valence-electron chi connectivity index (χ0n) is 18.2. The largest absolute Gasteiger partial charge is 0.497 e. The number of piperidine rings is 1. The van der Waals surface area contributed by atoms with E-state index in [9.17, 15) is 18.0 Å². The minimum absolute atomic E-state index is 0.0351. The van der Waals surface area contributed by atoms with Crippen LogP contribution in [0.4, 0.5) is 5.69 Å². The van der Waals surface area contributed by atoms with Crippen LogP contribution in [0.25, 0.3) is 0 Å². The number of hydrogen-bond acceptors (Lipinski definition) is 7. The summed E-state index contributed by atoms with van der Waals surface area (Å²) in [6.07, 6.45) is 0.773. The van der Waals surface area contributed by atoms with Crippen LogP contribution in [0, 0.1) is 5.92 Å². The van der Waals surface area contributed by atoms with Crippen LogP contribution in [-0.2, 0) is 19.6 Å². The Morgan fingerprint density at radius 1 is 0.969 bits per heavy atom. The monoisotopic (exact) mass is 462 g/mol. The molecule has 2 aromatic carbocycles. The van der Waals surface area contributed by atoms with E-state index in [0.717, 1.165) is 0 Å². The average Bonchev–Trinajstić information content (AvgIpc) is 2.83. The molecule has 0 saturated carbocycles. The number of carbonyl (C=O) groups is 2. The number of nitrogens with one attached hydrogen (secondary N) is 1. The molecule has 10 heteroatoms. The third-order valence-corrected chi connectivity index (χ3v) is 7.31. The van der Waals surface area contributed by atoms with Crippen molar-refractivity contribution in [3.8, 4) is 11.5 Å². The van der Waals surface area contributed by atoms with E-state index in [-0.39, 0.29) is 35.6 Å². The zero-order valence-corrected chi connectivity index (χ0v) is 19.0. The Labute approximate surface area is 187 Å². The number of hydrogen-bond donors (Lipinski definition) is 1. The van der Waals surface area contributed by atoms with Crippen LogP contribution in [0.5, 0.6) is 11.5 Å². The second kappa shape index (κ2) is 10.0. The number of sulfonamides is 1. The van der Waals surface area contributed by atoms with Gasteiger partial charge in [-0.2, -0.15) is 4.31 Å². The molecule has 1 amide bonds. The highest BCUT2D eigenvalue weighted by Gasteiger charge is 2.34. The summed E-state index contributed by atoms with van der Waals surface area (Å²) in [7, 11) is 0.368. The van der Waals surface area contributed by atoms with Gasteiger partial charge in [0.2, 0.25) is 15.9 Å². The molecule has 32 heavy (non-hydrogen) atoms. The molecule has 9 nitrogen and oxygen atoms in total. The Balaban J connectivity index is 1.64. The first kappa shape index (κ1) is 23.6. The molecule has 1 saturated heterocycles. The topological polar surface area (TPSA) is 111 Å². The molecular weight excluding hydrogens is 436 g/mol. The van der Waals surface area contributed by atoms with Crippen LogP contribution in [0.1, 0.15) is 23.2 Å². The van der Waals surface area contributed by atoms with Crippen molar-refractivity contribution in [1.82, 2.24) is 4.31 Å². The van der Waals surface area contributed by atoms with Gasteiger partial charge in [0, 0.05) is 30.8 Å². The van der Waals surface area contributed by atoms with E-state index < -0.39 is 16.0 Å². The summed E-state index contributed by atoms with van der Waals surface area (Å²) in [5, 5.41) is 2.82. The van der Waals surface area contributed by atoms with E-state index in [1.54, 1.807) is 36.4 Å². The maximum Gasteiger partial charge on any atom is 0.337 e. The maximum atomic E-state index is 13.2. The summed E-state index contributed by atoms with van der Waals surface area (Å²) in [4.78, 5) is 24.2. The fourth-order valence-corrected chi connectivity index (χ4v) is 5.18. The first-order valence-corrected chi connectivity index (χ1v) is 11.5. The van der Waals surface area contributed by atoms with Gasteiger partial charge >= 0.3 is 5.97 Å². The van der Waals surface area contributed by atoms with Gasteiger partial charge in [0.25, 0.3) is 0 Å². The average molecular weight is 463 g/mol. The van der Waals surface area contributed by atoms with Gasteiger partial charge in [0.1, 0.15) is 16.4 Å². The highest BCUT2D eigenvalue weighted by molar-refractivity contribution is 7.89. The second-order valence-electron chi connectivity index (χ2n) is 7.25. The summed E-state index contributed by atoms with van der Waals surface area (Å²) < 4.78 is 42.7. The van der Waals surface area contributed by atoms with Gasteiger partial charge in [-0.05, 0) is 49.2 Å². The lowest BCUT2D eigenvalue weighted by Crippen LogP contribution is -2.41. The number of amides is 1. The van der Waals surface area contributed by atoms with Crippen molar-refractivity contribution in [1.29, 1.82) is 0 Å². The van der Waals surface area contributed by atoms with E-state index in [1.807, 2.05) is 0 Å². The lowest BCUT2D eigenvalue weighted by atomic mass is 9.97. The molecule has 3 rings (SSSR count). The molecule has 172 valence electrons. The normalized spacial score (nSPS) is 15.1. The van der Waals surface area contributed by atoms with Crippen molar-refractivity contribution >= 4 is 27.6 Å². The van der Waals surface area contributed by atoms with Crippen molar-refractivity contribution < 1.29 is 32.2 Å². The SMILES string of the molecule is COC(=O)c1ccc(NC(=O)C2CCN(S(=O)(=O)c3cc(OC)ccc3OC)CC2)cc1. The van der Waals surface area contributed by atoms with Crippen LogP contribution in [-0.4, -0.2) is 59.0 Å². The predicted octanol–water partition coefficient (Wildman–Crippen LogP) is 2.53. The van der Waals surface area contributed by atoms with Gasteiger partial charge in [0.05, 0.1) is 26.9 Å². The van der Waals surface area contributed by atoms with E-state index in [2.05, 4.69) is 10.1 Å². The summed E-state index contributed by atoms with van der Waals surface area (Å²) in [5.41, 5.74) is 0.941. The first-order valence-electron chi connectivity index (χ1n) is 10.0. The van der Waals surface area contributed by atoms with Crippen molar-refractivity contribution in [3.05, 3.63) is 48.0 Å². The summed E-state index contributed by atoms with van der Waals surface area (Å²) >= 11 is 0. The van der Waals surface area contributed by atoms with Gasteiger partial charge in [-0.25, -0.2) is 13.2 Å². The van der Waals surface area contributed by atoms with E-state index in [1.165, 1.54) is 31.7 Å². The molecule has 0 bridgehead atoms. The highest BCUT2D eigenvalue weighted by Crippen LogP contribution is 2.32. The summed E-state index contributed by atoms with van der Waals surface area (Å²) in [6, 6.07) is 11.0. The molecular formula is C22H26N2O7S. The lowest BCUT2D eigenvalue weighted by Gasteiger charge is -2.31. The number of benzene rings is 2. The minimum atomic E-state index is -3.81. The Bertz CT molecular complexity index is 1080. The minimum Gasteiger partial charge on any atom is -0.497 e. The van der Waals surface area contributed by atoms with Gasteiger partial charge in [-0.1, -0.05) is 0 Å². The zero-order chi connectivity index (χ0) is 23.3. The lowest BCUT2D eigenvalue weighted by molar-refractivity contribution is -0.120. The number of methoxy groups -OCH3 is 3. The van der Waals surface area contributed by atoms with Gasteiger partial charge < -0.3 is 19.5 Å². The van der Waals surface area contributed by atoms with Crippen LogP contribution < -0.4 is 14.8 Å². The summed E-state index contributed by atoms with van der Waals surface area (Å²) in [6.45, 7) is 0.421. The number of ether oxygens (including phenoxy) is 3. The van der Waals surface area contributed by atoms with Crippen LogP contribution in [0.3, 0.4) is 0 Å². The molecule has 1 aliphatic rings. The number of nitrogens with zero attached hydrogens (tertiary/aromatic N) is 1. The van der Waals surface area contributed by atoms with Gasteiger partial charge in [-0.3, -0.25) is 4.79 Å². The first-order chi connectivity index (χ1) is 15.3. The molecule has 1 aliphatic heterocycles. The molecule has 0 spiro atoms. The second-order valence-corrected chi connectivity index (χ2v) is 9.16. The van der Waals surface area contributed by atoms with Gasteiger partial charge in [-0.15, -0.1) is 0 Å². The highest BCUT2D eigenvalue weighted by atomic mass is 32.2. The summed E-state index contributed by atoms with van der Waals surface area (Å²) in [5.74, 6) is -0.317. The molecule has 1 fully saturated rings. The number of carbonyl (C=O) groups excluding carboxylic acids is 2. The molecule has 2 aromatic rings. The predicted molar refractivity (Wildman–Crippen MR) is 117 cm³/mol. The molecule has 0 radical (unpaired) electrons. The van der Waals surface area contributed by atoms with E-state index >= 15 is 0 Å². The fraction of sp³-hybridized carbons (Fsp3) is 0.364. The Morgan fingerprint density at radius 3 is 2.19 bits per heavy atom. The number of rotatable bonds is 7. The molecule has 0 aromatic heterocycles. The molecule has 1 heterocycles. The fourth-order valence-electron chi connectivity index (χ4n) is 3.53. The smallest absolute Gasteiger partial charge is 0.337 e. The van der Waals surface area contributed by atoms with E-state index in [4.69, 9.17) is 9.47 Å². The maximum absolute atomic E-state index is 13.2. The van der Waals surface area contributed by atoms with Crippen molar-refractivity contribution in [2.24, 2.45) is 5.92 Å². The van der Waals surface area contributed by atoms with Crippen LogP contribution >= 0.6 is 0 Å². The quantitative estimate of drug-likeness (QED) is 0.630. The Morgan fingerprint density at radius 2 is 1.62 bits per heavy atom. The van der Waals surface area contributed by atoms with Crippen LogP contribution in [0.2, 0.25) is 0 Å². The standard InChI is InChI=1S/C22H26N2O7S/c1-29-18-8-9-19(30-2)20(14-18)32(27,28)24-12-10-15(11-13-24)21(25)23-17-6-4-16(5-7-17)22(26)31-3/h4-9,14-15H,10-13H2,1-3H3,(H,23,25). The third kappa shape index (κ3) is 5.03. The molecule has 0 aliphatic carbocycles. The number of esters is 1. The van der Waals surface area contributed by atoms with E-state index in [0.29, 0.717) is 29.8 Å². The number of anilines is 1. The van der Waals surface area contributed by atoms with Gasteiger partial charge in [0.15, 0.2) is 0 Å². The molecule has 1 N–H and O–H groups in total.